The van der Waals surface area contributed by atoms with Crippen LogP contribution in [0.1, 0.15) is 21.6 Å². The fourth-order valence-corrected chi connectivity index (χ4v) is 2.49. The van der Waals surface area contributed by atoms with Crippen molar-refractivity contribution in [1.82, 2.24) is 20.6 Å². The van der Waals surface area contributed by atoms with Crippen molar-refractivity contribution in [1.29, 1.82) is 0 Å². The Morgan fingerprint density at radius 1 is 1.00 bits per heavy atom. The van der Waals surface area contributed by atoms with Crippen molar-refractivity contribution < 1.29 is 14.3 Å². The molecule has 0 radical (unpaired) electrons. The number of hydrazine groups is 1. The monoisotopic (exact) mass is 364 g/mol. The molecule has 0 fully saturated rings. The van der Waals surface area contributed by atoms with E-state index in [0.29, 0.717) is 11.3 Å². The van der Waals surface area contributed by atoms with E-state index in [0.717, 1.165) is 16.9 Å². The predicted molar refractivity (Wildman–Crippen MR) is 101 cm³/mol. The molecule has 0 saturated heterocycles. The average Bonchev–Trinajstić information content (AvgIpc) is 3.11. The Balaban J connectivity index is 1.51. The summed E-state index contributed by atoms with van der Waals surface area (Å²) in [7, 11) is 0. The first kappa shape index (κ1) is 18.2. The molecule has 0 atom stereocenters. The summed E-state index contributed by atoms with van der Waals surface area (Å²) in [5.41, 5.74) is 7.91. The molecule has 27 heavy (non-hydrogen) atoms. The highest BCUT2D eigenvalue weighted by Crippen LogP contribution is 2.15. The van der Waals surface area contributed by atoms with Crippen LogP contribution in [-0.4, -0.2) is 28.2 Å². The van der Waals surface area contributed by atoms with Gasteiger partial charge in [-0.3, -0.25) is 20.4 Å². The number of nitrogens with one attached hydrogen (secondary N) is 2. The summed E-state index contributed by atoms with van der Waals surface area (Å²) < 4.78 is 7.20. The van der Waals surface area contributed by atoms with Crippen LogP contribution < -0.4 is 15.6 Å². The van der Waals surface area contributed by atoms with Gasteiger partial charge in [0.2, 0.25) is 0 Å². The van der Waals surface area contributed by atoms with Gasteiger partial charge in [0.25, 0.3) is 11.8 Å². The van der Waals surface area contributed by atoms with E-state index in [4.69, 9.17) is 4.74 Å². The van der Waals surface area contributed by atoms with Crippen LogP contribution in [-0.2, 0) is 4.79 Å². The minimum absolute atomic E-state index is 0.192. The Kier molecular flexibility index (Phi) is 5.51. The molecule has 0 unspecified atom stereocenters. The Labute approximate surface area is 156 Å². The average molecular weight is 364 g/mol. The summed E-state index contributed by atoms with van der Waals surface area (Å²) in [6.07, 6.45) is 1.71. The van der Waals surface area contributed by atoms with Crippen molar-refractivity contribution in [3.8, 4) is 11.4 Å². The van der Waals surface area contributed by atoms with Crippen LogP contribution >= 0.6 is 0 Å². The third-order valence-electron chi connectivity index (χ3n) is 3.97. The maximum Gasteiger partial charge on any atom is 0.276 e. The highest BCUT2D eigenvalue weighted by molar-refractivity contribution is 5.95. The third kappa shape index (κ3) is 4.52. The standard InChI is InChI=1S/C20H20N4O3/c1-14-5-3-4-6-18(14)27-13-19(25)22-23-20(26)16-7-9-17(10-8-16)24-15(2)11-12-21-24/h3-12H,13H2,1-2H3,(H,22,25)(H,23,26). The minimum atomic E-state index is -0.449. The Morgan fingerprint density at radius 2 is 1.74 bits per heavy atom. The first-order valence-electron chi connectivity index (χ1n) is 8.43. The number of para-hydroxylation sites is 1. The van der Waals surface area contributed by atoms with Crippen LogP contribution in [0, 0.1) is 13.8 Å². The quantitative estimate of drug-likeness (QED) is 0.681. The second-order valence-corrected chi connectivity index (χ2v) is 5.99. The van der Waals surface area contributed by atoms with Gasteiger partial charge in [-0.25, -0.2) is 4.68 Å². The first-order valence-corrected chi connectivity index (χ1v) is 8.43. The third-order valence-corrected chi connectivity index (χ3v) is 3.97. The maximum absolute atomic E-state index is 12.2. The van der Waals surface area contributed by atoms with Crippen molar-refractivity contribution in [2.75, 3.05) is 6.61 Å². The highest BCUT2D eigenvalue weighted by Gasteiger charge is 2.09. The van der Waals surface area contributed by atoms with Gasteiger partial charge in [0, 0.05) is 17.5 Å². The fourth-order valence-electron chi connectivity index (χ4n) is 2.49. The fraction of sp³-hybridized carbons (Fsp3) is 0.150. The second kappa shape index (κ2) is 8.18. The minimum Gasteiger partial charge on any atom is -0.483 e. The number of benzene rings is 2. The van der Waals surface area contributed by atoms with Gasteiger partial charge in [-0.1, -0.05) is 18.2 Å². The van der Waals surface area contributed by atoms with Crippen LogP contribution in [0.5, 0.6) is 5.75 Å². The summed E-state index contributed by atoms with van der Waals surface area (Å²) >= 11 is 0. The van der Waals surface area contributed by atoms with Gasteiger partial charge in [-0.15, -0.1) is 0 Å². The van der Waals surface area contributed by atoms with Crippen LogP contribution in [0.25, 0.3) is 5.69 Å². The highest BCUT2D eigenvalue weighted by atomic mass is 16.5. The predicted octanol–water partition coefficient (Wildman–Crippen LogP) is 2.33. The van der Waals surface area contributed by atoms with E-state index in [1.54, 1.807) is 41.2 Å². The number of ether oxygens (including phenoxy) is 1. The Bertz CT molecular complexity index is 948. The van der Waals surface area contributed by atoms with E-state index in [9.17, 15) is 9.59 Å². The molecular weight excluding hydrogens is 344 g/mol. The summed E-state index contributed by atoms with van der Waals surface area (Å²) in [5, 5.41) is 4.22. The molecule has 2 N–H and O–H groups in total. The lowest BCUT2D eigenvalue weighted by molar-refractivity contribution is -0.123. The molecule has 0 aliphatic heterocycles. The molecule has 0 saturated carbocycles. The smallest absolute Gasteiger partial charge is 0.276 e. The number of nitrogens with zero attached hydrogens (tertiary/aromatic N) is 2. The second-order valence-electron chi connectivity index (χ2n) is 5.99. The van der Waals surface area contributed by atoms with Crippen molar-refractivity contribution in [2.45, 2.75) is 13.8 Å². The zero-order valence-corrected chi connectivity index (χ0v) is 15.1. The Morgan fingerprint density at radius 3 is 2.41 bits per heavy atom. The van der Waals surface area contributed by atoms with Crippen LogP contribution in [0.4, 0.5) is 0 Å². The molecule has 1 aromatic heterocycles. The van der Waals surface area contributed by atoms with E-state index in [1.807, 2.05) is 38.1 Å². The van der Waals surface area contributed by atoms with Gasteiger partial charge in [0.15, 0.2) is 6.61 Å². The van der Waals surface area contributed by atoms with Gasteiger partial charge in [0.05, 0.1) is 5.69 Å². The van der Waals surface area contributed by atoms with E-state index >= 15 is 0 Å². The SMILES string of the molecule is Cc1ccccc1OCC(=O)NNC(=O)c1ccc(-n2nccc2C)cc1. The van der Waals surface area contributed by atoms with Gasteiger partial charge >= 0.3 is 0 Å². The topological polar surface area (TPSA) is 85.3 Å². The summed E-state index contributed by atoms with van der Waals surface area (Å²) in [4.78, 5) is 24.0. The maximum atomic E-state index is 12.2. The molecule has 0 aliphatic rings. The van der Waals surface area contributed by atoms with Gasteiger partial charge in [-0.05, 0) is 55.8 Å². The molecule has 7 heteroatoms. The zero-order valence-electron chi connectivity index (χ0n) is 15.1. The van der Waals surface area contributed by atoms with Crippen molar-refractivity contribution in [2.24, 2.45) is 0 Å². The number of aromatic nitrogens is 2. The molecule has 2 amide bonds. The summed E-state index contributed by atoms with van der Waals surface area (Å²) in [5.74, 6) is -0.234. The molecule has 0 spiro atoms. The normalized spacial score (nSPS) is 10.3. The van der Waals surface area contributed by atoms with Crippen LogP contribution in [0.3, 0.4) is 0 Å². The summed E-state index contributed by atoms with van der Waals surface area (Å²) in [6, 6.07) is 16.2. The van der Waals surface area contributed by atoms with E-state index in [-0.39, 0.29) is 6.61 Å². The number of hydrogen-bond acceptors (Lipinski definition) is 4. The lowest BCUT2D eigenvalue weighted by atomic mass is 10.2. The van der Waals surface area contributed by atoms with E-state index < -0.39 is 11.8 Å². The number of rotatable bonds is 5. The number of carbonyl (C=O) groups excluding carboxylic acids is 2. The number of carbonyl (C=O) groups is 2. The van der Waals surface area contributed by atoms with Gasteiger partial charge in [-0.2, -0.15) is 5.10 Å². The molecule has 7 nitrogen and oxygen atoms in total. The van der Waals surface area contributed by atoms with E-state index in [1.165, 1.54) is 0 Å². The van der Waals surface area contributed by atoms with Crippen LogP contribution in [0.15, 0.2) is 60.8 Å². The van der Waals surface area contributed by atoms with Crippen molar-refractivity contribution in [3.63, 3.8) is 0 Å². The largest absolute Gasteiger partial charge is 0.483 e. The van der Waals surface area contributed by atoms with Gasteiger partial charge < -0.3 is 4.74 Å². The molecule has 138 valence electrons. The molecule has 3 aromatic rings. The number of amides is 2. The number of aryl methyl sites for hydroxylation is 2. The first-order chi connectivity index (χ1) is 13.0. The molecule has 0 aliphatic carbocycles. The lowest BCUT2D eigenvalue weighted by Gasteiger charge is -2.10. The van der Waals surface area contributed by atoms with E-state index in [2.05, 4.69) is 16.0 Å². The summed E-state index contributed by atoms with van der Waals surface area (Å²) in [6.45, 7) is 3.65. The lowest BCUT2D eigenvalue weighted by Crippen LogP contribution is -2.43. The molecule has 2 aromatic carbocycles. The Hall–Kier alpha value is -3.61. The molecule has 0 bridgehead atoms. The van der Waals surface area contributed by atoms with Crippen molar-refractivity contribution >= 4 is 11.8 Å². The molecule has 1 heterocycles. The number of hydrogen-bond donors (Lipinski definition) is 2. The molecular formula is C20H20N4O3. The molecule has 3 rings (SSSR count). The van der Waals surface area contributed by atoms with Crippen LogP contribution in [0.2, 0.25) is 0 Å². The zero-order chi connectivity index (χ0) is 19.2. The van der Waals surface area contributed by atoms with Crippen molar-refractivity contribution in [3.05, 3.63) is 77.6 Å². The van der Waals surface area contributed by atoms with Gasteiger partial charge in [0.1, 0.15) is 5.75 Å².